The van der Waals surface area contributed by atoms with Gasteiger partial charge in [0.1, 0.15) is 4.90 Å². The molecular formula is C20H28ClN3O4S. The number of rotatable bonds is 6. The van der Waals surface area contributed by atoms with Crippen molar-refractivity contribution in [1.29, 1.82) is 0 Å². The van der Waals surface area contributed by atoms with Crippen molar-refractivity contribution >= 4 is 39.1 Å². The zero-order chi connectivity index (χ0) is 20.9. The maximum Gasteiger partial charge on any atom is 0.244 e. The van der Waals surface area contributed by atoms with Crippen molar-refractivity contribution in [1.82, 2.24) is 9.62 Å². The van der Waals surface area contributed by atoms with Crippen LogP contribution >= 0.6 is 11.6 Å². The first-order valence-electron chi connectivity index (χ1n) is 10.3. The summed E-state index contributed by atoms with van der Waals surface area (Å²) in [6, 6.07) is 4.40. The highest BCUT2D eigenvalue weighted by atomic mass is 35.5. The minimum atomic E-state index is -3.71. The van der Waals surface area contributed by atoms with Crippen molar-refractivity contribution in [3.63, 3.8) is 0 Å². The molecule has 160 valence electrons. The minimum absolute atomic E-state index is 0.00916. The van der Waals surface area contributed by atoms with Gasteiger partial charge in [0.25, 0.3) is 0 Å². The number of carbonyl (C=O) groups is 2. The lowest BCUT2D eigenvalue weighted by Gasteiger charge is -2.26. The summed E-state index contributed by atoms with van der Waals surface area (Å²) in [4.78, 5) is 24.4. The Morgan fingerprint density at radius 3 is 2.38 bits per heavy atom. The highest BCUT2D eigenvalue weighted by Crippen LogP contribution is 2.29. The second-order valence-corrected chi connectivity index (χ2v) is 10.0. The van der Waals surface area contributed by atoms with E-state index >= 15 is 0 Å². The Morgan fingerprint density at radius 1 is 1.03 bits per heavy atom. The number of benzene rings is 1. The van der Waals surface area contributed by atoms with E-state index in [1.807, 2.05) is 0 Å². The second kappa shape index (κ2) is 9.91. The van der Waals surface area contributed by atoms with Crippen LogP contribution in [0.3, 0.4) is 0 Å². The molecule has 0 atom stereocenters. The molecule has 1 aliphatic heterocycles. The van der Waals surface area contributed by atoms with Gasteiger partial charge in [-0.25, -0.2) is 8.42 Å². The van der Waals surface area contributed by atoms with E-state index < -0.39 is 15.9 Å². The summed E-state index contributed by atoms with van der Waals surface area (Å²) >= 11 is 6.15. The van der Waals surface area contributed by atoms with Crippen LogP contribution < -0.4 is 10.6 Å². The Morgan fingerprint density at radius 2 is 1.69 bits per heavy atom. The molecule has 0 aromatic heterocycles. The van der Waals surface area contributed by atoms with E-state index in [1.54, 1.807) is 6.07 Å². The van der Waals surface area contributed by atoms with Crippen molar-refractivity contribution in [2.75, 3.05) is 25.0 Å². The molecule has 3 rings (SSSR count). The Kier molecular flexibility index (Phi) is 7.54. The number of hydrogen-bond acceptors (Lipinski definition) is 4. The van der Waals surface area contributed by atoms with Crippen LogP contribution in [0.2, 0.25) is 5.02 Å². The number of anilines is 1. The number of sulfonamides is 1. The van der Waals surface area contributed by atoms with Gasteiger partial charge in [-0.05, 0) is 43.9 Å². The molecule has 2 amide bonds. The molecule has 1 aromatic carbocycles. The van der Waals surface area contributed by atoms with Crippen LogP contribution in [0, 0.1) is 5.92 Å². The quantitative estimate of drug-likeness (QED) is 0.708. The van der Waals surface area contributed by atoms with Gasteiger partial charge in [-0.2, -0.15) is 4.31 Å². The first-order chi connectivity index (χ1) is 13.9. The molecule has 29 heavy (non-hydrogen) atoms. The largest absolute Gasteiger partial charge is 0.347 e. The highest BCUT2D eigenvalue weighted by molar-refractivity contribution is 7.89. The summed E-state index contributed by atoms with van der Waals surface area (Å²) in [6.45, 7) is 0.803. The lowest BCUT2D eigenvalue weighted by atomic mass is 9.89. The van der Waals surface area contributed by atoms with Crippen molar-refractivity contribution in [2.24, 2.45) is 5.92 Å². The van der Waals surface area contributed by atoms with E-state index in [-0.39, 0.29) is 28.3 Å². The third-order valence-electron chi connectivity index (χ3n) is 5.55. The fourth-order valence-electron chi connectivity index (χ4n) is 3.90. The summed E-state index contributed by atoms with van der Waals surface area (Å²) in [7, 11) is -3.71. The third kappa shape index (κ3) is 5.71. The van der Waals surface area contributed by atoms with Crippen molar-refractivity contribution in [3.8, 4) is 0 Å². The number of nitrogens with zero attached hydrogens (tertiary/aromatic N) is 1. The molecule has 2 N–H and O–H groups in total. The second-order valence-electron chi connectivity index (χ2n) is 7.71. The standard InChI is InChI=1S/C20H28ClN3O4S/c21-17-10-9-16(13-18(17)29(27,28)24-11-5-2-6-12-24)23-19(25)14-22-20(26)15-7-3-1-4-8-15/h9-10,13,15H,1-8,11-12,14H2,(H,22,26)(H,23,25). The van der Waals surface area contributed by atoms with Gasteiger partial charge < -0.3 is 10.6 Å². The molecule has 9 heteroatoms. The van der Waals surface area contributed by atoms with Gasteiger partial charge >= 0.3 is 0 Å². The molecule has 1 saturated carbocycles. The van der Waals surface area contributed by atoms with Gasteiger partial charge in [0, 0.05) is 24.7 Å². The van der Waals surface area contributed by atoms with E-state index in [4.69, 9.17) is 11.6 Å². The molecule has 1 aromatic rings. The van der Waals surface area contributed by atoms with Crippen molar-refractivity contribution in [3.05, 3.63) is 23.2 Å². The first kappa shape index (κ1) is 22.1. The van der Waals surface area contributed by atoms with Crippen LogP contribution in [-0.4, -0.2) is 44.2 Å². The fraction of sp³-hybridized carbons (Fsp3) is 0.600. The summed E-state index contributed by atoms with van der Waals surface area (Å²) in [5, 5.41) is 5.45. The number of hydrogen-bond donors (Lipinski definition) is 2. The summed E-state index contributed by atoms with van der Waals surface area (Å²) in [5.74, 6) is -0.518. The molecule has 2 aliphatic rings. The molecule has 7 nitrogen and oxygen atoms in total. The monoisotopic (exact) mass is 441 g/mol. The normalized spacial score (nSPS) is 18.9. The molecule has 0 unspecified atom stereocenters. The fourth-order valence-corrected chi connectivity index (χ4v) is 5.92. The average Bonchev–Trinajstić information content (AvgIpc) is 2.74. The van der Waals surface area contributed by atoms with Crippen LogP contribution in [0.25, 0.3) is 0 Å². The van der Waals surface area contributed by atoms with Crippen LogP contribution in [0.1, 0.15) is 51.4 Å². The van der Waals surface area contributed by atoms with Crippen LogP contribution in [0.15, 0.2) is 23.1 Å². The van der Waals surface area contributed by atoms with E-state index in [1.165, 1.54) is 16.4 Å². The highest BCUT2D eigenvalue weighted by Gasteiger charge is 2.28. The first-order valence-corrected chi connectivity index (χ1v) is 12.1. The van der Waals surface area contributed by atoms with Gasteiger partial charge in [0.15, 0.2) is 0 Å². The average molecular weight is 442 g/mol. The molecule has 1 saturated heterocycles. The van der Waals surface area contributed by atoms with Gasteiger partial charge in [0.05, 0.1) is 11.6 Å². The number of halogens is 1. The zero-order valence-corrected chi connectivity index (χ0v) is 18.0. The van der Waals surface area contributed by atoms with E-state index in [0.717, 1.165) is 51.4 Å². The van der Waals surface area contributed by atoms with Crippen LogP contribution in [-0.2, 0) is 19.6 Å². The van der Waals surface area contributed by atoms with E-state index in [0.29, 0.717) is 18.8 Å². The number of piperidine rings is 1. The predicted molar refractivity (Wildman–Crippen MR) is 112 cm³/mol. The maximum absolute atomic E-state index is 12.9. The van der Waals surface area contributed by atoms with Crippen molar-refractivity contribution in [2.45, 2.75) is 56.3 Å². The van der Waals surface area contributed by atoms with E-state index in [9.17, 15) is 18.0 Å². The number of nitrogens with one attached hydrogen (secondary N) is 2. The van der Waals surface area contributed by atoms with Crippen LogP contribution in [0.4, 0.5) is 5.69 Å². The molecular weight excluding hydrogens is 414 g/mol. The molecule has 1 aliphatic carbocycles. The third-order valence-corrected chi connectivity index (χ3v) is 7.93. The SMILES string of the molecule is O=C(CNC(=O)C1CCCCC1)Nc1ccc(Cl)c(S(=O)(=O)N2CCCCC2)c1. The van der Waals surface area contributed by atoms with Crippen LogP contribution in [0.5, 0.6) is 0 Å². The molecule has 2 fully saturated rings. The lowest BCUT2D eigenvalue weighted by molar-refractivity contribution is -0.128. The predicted octanol–water partition coefficient (Wildman–Crippen LogP) is 3.15. The Hall–Kier alpha value is -1.64. The Balaban J connectivity index is 1.61. The van der Waals surface area contributed by atoms with Gasteiger partial charge in [-0.1, -0.05) is 37.3 Å². The summed E-state index contributed by atoms with van der Waals surface area (Å²) in [5.41, 5.74) is 0.335. The summed E-state index contributed by atoms with van der Waals surface area (Å²) < 4.78 is 27.3. The number of amides is 2. The molecule has 0 bridgehead atoms. The minimum Gasteiger partial charge on any atom is -0.347 e. The lowest BCUT2D eigenvalue weighted by Crippen LogP contribution is -2.37. The molecule has 1 heterocycles. The molecule has 0 spiro atoms. The topological polar surface area (TPSA) is 95.6 Å². The van der Waals surface area contributed by atoms with E-state index in [2.05, 4.69) is 10.6 Å². The van der Waals surface area contributed by atoms with Gasteiger partial charge in [-0.15, -0.1) is 0 Å². The number of carbonyl (C=O) groups excluding carboxylic acids is 2. The Labute approximate surface area is 177 Å². The smallest absolute Gasteiger partial charge is 0.244 e. The van der Waals surface area contributed by atoms with Crippen molar-refractivity contribution < 1.29 is 18.0 Å². The Bertz CT molecular complexity index is 847. The molecule has 0 radical (unpaired) electrons. The van der Waals surface area contributed by atoms with Gasteiger partial charge in [-0.3, -0.25) is 9.59 Å². The zero-order valence-electron chi connectivity index (χ0n) is 16.5. The maximum atomic E-state index is 12.9. The van der Waals surface area contributed by atoms with Gasteiger partial charge in [0.2, 0.25) is 21.8 Å². The summed E-state index contributed by atoms with van der Waals surface area (Å²) in [6.07, 6.45) is 7.64.